The number of hydrogen-bond acceptors (Lipinski definition) is 4. The highest BCUT2D eigenvalue weighted by Gasteiger charge is 2.16. The van der Waals surface area contributed by atoms with Crippen molar-refractivity contribution >= 4 is 29.1 Å². The van der Waals surface area contributed by atoms with Crippen LogP contribution in [0, 0.1) is 0 Å². The molecule has 0 saturated heterocycles. The molecule has 0 unspecified atom stereocenters. The molecule has 2 amide bonds. The van der Waals surface area contributed by atoms with Crippen molar-refractivity contribution in [3.05, 3.63) is 89.2 Å². The van der Waals surface area contributed by atoms with E-state index in [0.29, 0.717) is 33.2 Å². The van der Waals surface area contributed by atoms with E-state index in [2.05, 4.69) is 15.4 Å². The lowest BCUT2D eigenvalue weighted by Gasteiger charge is -2.12. The summed E-state index contributed by atoms with van der Waals surface area (Å²) in [6.45, 7) is 0. The first-order valence-electron chi connectivity index (χ1n) is 9.38. The fourth-order valence-electron chi connectivity index (χ4n) is 3.14. The number of anilines is 1. The van der Waals surface area contributed by atoms with E-state index in [1.54, 1.807) is 36.1 Å². The Labute approximate surface area is 183 Å². The number of aromatic nitrogens is 3. The van der Waals surface area contributed by atoms with Crippen molar-refractivity contribution in [2.45, 2.75) is 0 Å². The number of benzene rings is 2. The first-order chi connectivity index (χ1) is 14.9. The summed E-state index contributed by atoms with van der Waals surface area (Å²) >= 11 is 6.32. The maximum absolute atomic E-state index is 13.1. The van der Waals surface area contributed by atoms with E-state index in [1.807, 2.05) is 36.4 Å². The van der Waals surface area contributed by atoms with Crippen molar-refractivity contribution in [2.75, 3.05) is 5.32 Å². The first kappa shape index (κ1) is 20.3. The van der Waals surface area contributed by atoms with Crippen molar-refractivity contribution in [2.24, 2.45) is 12.8 Å². The molecule has 0 atom stereocenters. The molecule has 154 valence electrons. The average molecular weight is 432 g/mol. The Morgan fingerprint density at radius 1 is 1.03 bits per heavy atom. The second-order valence-corrected chi connectivity index (χ2v) is 7.28. The quantitative estimate of drug-likeness (QED) is 0.495. The van der Waals surface area contributed by atoms with E-state index in [9.17, 15) is 9.59 Å². The van der Waals surface area contributed by atoms with Gasteiger partial charge in [0.15, 0.2) is 0 Å². The molecule has 0 radical (unpaired) electrons. The van der Waals surface area contributed by atoms with E-state index < -0.39 is 5.91 Å². The molecule has 4 aromatic rings. The third-order valence-electron chi connectivity index (χ3n) is 4.69. The number of nitrogens with zero attached hydrogens (tertiary/aromatic N) is 3. The van der Waals surface area contributed by atoms with Gasteiger partial charge in [0.2, 0.25) is 5.91 Å². The summed E-state index contributed by atoms with van der Waals surface area (Å²) in [6, 6.07) is 17.6. The van der Waals surface area contributed by atoms with Crippen molar-refractivity contribution in [1.82, 2.24) is 14.8 Å². The van der Waals surface area contributed by atoms with E-state index in [0.717, 1.165) is 5.56 Å². The van der Waals surface area contributed by atoms with E-state index in [4.69, 9.17) is 17.3 Å². The average Bonchev–Trinajstić information content (AvgIpc) is 3.20. The standard InChI is InChI=1S/C23H18ClN5O2/c1-29-10-9-19(28-29)17-11-15(7-8-18(17)24)23(31)27-20-12-16(22(25)30)13-26-21(20)14-5-3-2-4-6-14/h2-13H,1H3,(H2,25,30)(H,27,31). The van der Waals surface area contributed by atoms with E-state index >= 15 is 0 Å². The zero-order valence-electron chi connectivity index (χ0n) is 16.5. The lowest BCUT2D eigenvalue weighted by molar-refractivity contribution is 0.0996. The number of carbonyl (C=O) groups excluding carboxylic acids is 2. The van der Waals surface area contributed by atoms with Gasteiger partial charge >= 0.3 is 0 Å². The topological polar surface area (TPSA) is 103 Å². The van der Waals surface area contributed by atoms with Crippen LogP contribution in [0.15, 0.2) is 73.1 Å². The summed E-state index contributed by atoms with van der Waals surface area (Å²) < 4.78 is 1.66. The highest BCUT2D eigenvalue weighted by atomic mass is 35.5. The third kappa shape index (κ3) is 4.31. The van der Waals surface area contributed by atoms with Crippen LogP contribution in [-0.4, -0.2) is 26.6 Å². The molecule has 7 nitrogen and oxygen atoms in total. The lowest BCUT2D eigenvalue weighted by Crippen LogP contribution is -2.16. The second-order valence-electron chi connectivity index (χ2n) is 6.87. The molecule has 2 aromatic heterocycles. The van der Waals surface area contributed by atoms with Gasteiger partial charge in [0.1, 0.15) is 0 Å². The number of amides is 2. The molecule has 0 aliphatic rings. The molecule has 0 aliphatic heterocycles. The lowest BCUT2D eigenvalue weighted by atomic mass is 10.1. The van der Waals surface area contributed by atoms with Crippen LogP contribution in [0.1, 0.15) is 20.7 Å². The summed E-state index contributed by atoms with van der Waals surface area (Å²) in [4.78, 5) is 29.0. The second kappa shape index (κ2) is 8.41. The van der Waals surface area contributed by atoms with Crippen LogP contribution >= 0.6 is 11.6 Å². The van der Waals surface area contributed by atoms with Gasteiger partial charge in [-0.2, -0.15) is 5.10 Å². The predicted molar refractivity (Wildman–Crippen MR) is 120 cm³/mol. The molecule has 2 heterocycles. The number of aryl methyl sites for hydroxylation is 1. The number of pyridine rings is 1. The van der Waals surface area contributed by atoms with Crippen molar-refractivity contribution in [1.29, 1.82) is 0 Å². The van der Waals surface area contributed by atoms with E-state index in [-0.39, 0.29) is 11.5 Å². The maximum Gasteiger partial charge on any atom is 0.255 e. The Kier molecular flexibility index (Phi) is 5.51. The normalized spacial score (nSPS) is 10.6. The minimum atomic E-state index is -0.633. The summed E-state index contributed by atoms with van der Waals surface area (Å²) in [6.07, 6.45) is 3.19. The predicted octanol–water partition coefficient (Wildman–Crippen LogP) is 4.15. The van der Waals surface area contributed by atoms with Crippen LogP contribution in [0.25, 0.3) is 22.5 Å². The van der Waals surface area contributed by atoms with E-state index in [1.165, 1.54) is 12.3 Å². The van der Waals surface area contributed by atoms with Gasteiger partial charge in [-0.3, -0.25) is 19.3 Å². The monoisotopic (exact) mass is 431 g/mol. The molecular formula is C23H18ClN5O2. The molecule has 4 rings (SSSR count). The summed E-state index contributed by atoms with van der Waals surface area (Å²) in [5.74, 6) is -1.01. The van der Waals surface area contributed by atoms with Crippen LogP contribution < -0.4 is 11.1 Å². The smallest absolute Gasteiger partial charge is 0.255 e. The molecule has 0 fully saturated rings. The highest BCUT2D eigenvalue weighted by molar-refractivity contribution is 6.33. The number of halogens is 1. The highest BCUT2D eigenvalue weighted by Crippen LogP contribution is 2.30. The van der Waals surface area contributed by atoms with Crippen LogP contribution in [0.5, 0.6) is 0 Å². The molecule has 8 heteroatoms. The minimum Gasteiger partial charge on any atom is -0.366 e. The van der Waals surface area contributed by atoms with Gasteiger partial charge in [-0.15, -0.1) is 0 Å². The Hall–Kier alpha value is -3.97. The number of nitrogens with two attached hydrogens (primary N) is 1. The van der Waals surface area contributed by atoms with Gasteiger partial charge < -0.3 is 11.1 Å². The number of rotatable bonds is 5. The first-order valence-corrected chi connectivity index (χ1v) is 9.76. The van der Waals surface area contributed by atoms with Crippen molar-refractivity contribution < 1.29 is 9.59 Å². The zero-order valence-corrected chi connectivity index (χ0v) is 17.3. The zero-order chi connectivity index (χ0) is 22.0. The van der Waals surface area contributed by atoms with Gasteiger partial charge in [0.05, 0.1) is 27.7 Å². The van der Waals surface area contributed by atoms with Gasteiger partial charge in [0, 0.05) is 36.1 Å². The van der Waals surface area contributed by atoms with Gasteiger partial charge in [0.25, 0.3) is 5.91 Å². The SMILES string of the molecule is Cn1ccc(-c2cc(C(=O)Nc3cc(C(N)=O)cnc3-c3ccccc3)ccc2Cl)n1. The molecule has 0 spiro atoms. The number of nitrogens with one attached hydrogen (secondary N) is 1. The van der Waals surface area contributed by atoms with Crippen molar-refractivity contribution in [3.8, 4) is 22.5 Å². The molecule has 0 saturated carbocycles. The Balaban J connectivity index is 1.71. The van der Waals surface area contributed by atoms with Crippen molar-refractivity contribution in [3.63, 3.8) is 0 Å². The molecule has 0 aliphatic carbocycles. The Morgan fingerprint density at radius 3 is 2.48 bits per heavy atom. The molecule has 3 N–H and O–H groups in total. The van der Waals surface area contributed by atoms with Crippen LogP contribution in [-0.2, 0) is 7.05 Å². The van der Waals surface area contributed by atoms with Gasteiger partial charge in [-0.25, -0.2) is 0 Å². The largest absolute Gasteiger partial charge is 0.366 e. The molecule has 31 heavy (non-hydrogen) atoms. The fraction of sp³-hybridized carbons (Fsp3) is 0.0435. The summed E-state index contributed by atoms with van der Waals surface area (Å²) in [7, 11) is 1.80. The fourth-order valence-corrected chi connectivity index (χ4v) is 3.35. The third-order valence-corrected chi connectivity index (χ3v) is 5.02. The number of carbonyl (C=O) groups is 2. The van der Waals surface area contributed by atoms with Crippen LogP contribution in [0.4, 0.5) is 5.69 Å². The number of hydrogen-bond donors (Lipinski definition) is 2. The molecule has 2 aromatic carbocycles. The summed E-state index contributed by atoms with van der Waals surface area (Å²) in [5.41, 5.74) is 8.97. The molecule has 0 bridgehead atoms. The maximum atomic E-state index is 13.1. The summed E-state index contributed by atoms with van der Waals surface area (Å²) in [5, 5.41) is 7.68. The minimum absolute atomic E-state index is 0.195. The Bertz CT molecular complexity index is 1280. The van der Waals surface area contributed by atoms with Crippen LogP contribution in [0.2, 0.25) is 5.02 Å². The Morgan fingerprint density at radius 2 is 1.81 bits per heavy atom. The van der Waals surface area contributed by atoms with Gasteiger partial charge in [-0.1, -0.05) is 41.9 Å². The van der Waals surface area contributed by atoms with Crippen LogP contribution in [0.3, 0.4) is 0 Å². The van der Waals surface area contributed by atoms with Gasteiger partial charge in [-0.05, 0) is 30.3 Å². The molecular weight excluding hydrogens is 414 g/mol. The number of primary amides is 1.